The fraction of sp³-hybridized carbons (Fsp3) is 0.900. The lowest BCUT2D eigenvalue weighted by molar-refractivity contribution is -0.138. The van der Waals surface area contributed by atoms with E-state index in [-0.39, 0.29) is 11.8 Å². The third-order valence-electron chi connectivity index (χ3n) is 3.10. The largest absolute Gasteiger partial charge is 0.381 e. The van der Waals surface area contributed by atoms with E-state index in [1.165, 1.54) is 0 Å². The van der Waals surface area contributed by atoms with Crippen molar-refractivity contribution in [1.82, 2.24) is 10.2 Å². The zero-order valence-electron chi connectivity index (χ0n) is 8.66. The monoisotopic (exact) mass is 198 g/mol. The Hall–Kier alpha value is -0.610. The van der Waals surface area contributed by atoms with E-state index >= 15 is 0 Å². The minimum absolute atomic E-state index is 0.121. The first-order valence-corrected chi connectivity index (χ1v) is 5.42. The molecular formula is C10H18N2O2. The zero-order valence-corrected chi connectivity index (χ0v) is 8.66. The van der Waals surface area contributed by atoms with Crippen molar-refractivity contribution >= 4 is 5.91 Å². The first kappa shape index (κ1) is 9.93. The first-order valence-electron chi connectivity index (χ1n) is 5.42. The molecule has 80 valence electrons. The number of hydrogen-bond acceptors (Lipinski definition) is 3. The number of hydrogen-bond donors (Lipinski definition) is 1. The van der Waals surface area contributed by atoms with E-state index in [4.69, 9.17) is 4.74 Å². The molecule has 2 heterocycles. The van der Waals surface area contributed by atoms with Gasteiger partial charge in [0.15, 0.2) is 0 Å². The van der Waals surface area contributed by atoms with Crippen LogP contribution in [0.15, 0.2) is 0 Å². The van der Waals surface area contributed by atoms with E-state index in [1.807, 2.05) is 11.8 Å². The molecule has 4 nitrogen and oxygen atoms in total. The van der Waals surface area contributed by atoms with Gasteiger partial charge >= 0.3 is 0 Å². The van der Waals surface area contributed by atoms with E-state index in [2.05, 4.69) is 5.32 Å². The van der Waals surface area contributed by atoms with E-state index in [9.17, 15) is 4.79 Å². The van der Waals surface area contributed by atoms with Gasteiger partial charge in [-0.3, -0.25) is 4.79 Å². The molecule has 0 spiro atoms. The van der Waals surface area contributed by atoms with E-state index < -0.39 is 0 Å². The standard InChI is InChI=1S/C10H18N2O2/c1-2-12(9-5-11-6-9)10(13)8-3-4-14-7-8/h8-9,11H,2-7H2,1H3. The Morgan fingerprint density at radius 2 is 2.36 bits per heavy atom. The molecule has 2 rings (SSSR count). The number of likely N-dealkylation sites (N-methyl/N-ethyl adjacent to an activating group) is 1. The van der Waals surface area contributed by atoms with Gasteiger partial charge in [0.25, 0.3) is 0 Å². The molecule has 4 heteroatoms. The summed E-state index contributed by atoms with van der Waals surface area (Å²) < 4.78 is 5.24. The third kappa shape index (κ3) is 1.77. The molecule has 0 aromatic rings. The minimum atomic E-state index is 0.121. The molecule has 1 unspecified atom stereocenters. The van der Waals surface area contributed by atoms with Gasteiger partial charge in [-0.25, -0.2) is 0 Å². The number of ether oxygens (including phenoxy) is 1. The number of nitrogens with one attached hydrogen (secondary N) is 1. The Labute approximate surface area is 84.6 Å². The molecule has 2 aliphatic heterocycles. The summed E-state index contributed by atoms with van der Waals surface area (Å²) in [6.07, 6.45) is 0.898. The van der Waals surface area contributed by atoms with E-state index in [1.54, 1.807) is 0 Å². The van der Waals surface area contributed by atoms with Crippen molar-refractivity contribution in [3.05, 3.63) is 0 Å². The van der Waals surface area contributed by atoms with Crippen LogP contribution in [0.4, 0.5) is 0 Å². The predicted molar refractivity (Wildman–Crippen MR) is 53.0 cm³/mol. The molecule has 0 bridgehead atoms. The van der Waals surface area contributed by atoms with Crippen LogP contribution in [-0.4, -0.2) is 49.7 Å². The molecule has 0 aromatic heterocycles. The predicted octanol–water partition coefficient (Wildman–Crippen LogP) is -0.157. The molecular weight excluding hydrogens is 180 g/mol. The van der Waals surface area contributed by atoms with Crippen LogP contribution in [0.3, 0.4) is 0 Å². The van der Waals surface area contributed by atoms with Crippen molar-refractivity contribution in [2.45, 2.75) is 19.4 Å². The average Bonchev–Trinajstić information content (AvgIpc) is 2.62. The van der Waals surface area contributed by atoms with Gasteiger partial charge in [-0.1, -0.05) is 0 Å². The number of carbonyl (C=O) groups is 1. The lowest BCUT2D eigenvalue weighted by Crippen LogP contribution is -2.59. The molecule has 0 radical (unpaired) electrons. The summed E-state index contributed by atoms with van der Waals surface area (Å²) in [5.74, 6) is 0.409. The van der Waals surface area contributed by atoms with Crippen molar-refractivity contribution in [2.24, 2.45) is 5.92 Å². The van der Waals surface area contributed by atoms with Crippen molar-refractivity contribution in [1.29, 1.82) is 0 Å². The molecule has 1 amide bonds. The zero-order chi connectivity index (χ0) is 9.97. The molecule has 14 heavy (non-hydrogen) atoms. The minimum Gasteiger partial charge on any atom is -0.381 e. The van der Waals surface area contributed by atoms with Crippen molar-refractivity contribution < 1.29 is 9.53 Å². The van der Waals surface area contributed by atoms with Gasteiger partial charge in [0, 0.05) is 26.2 Å². The van der Waals surface area contributed by atoms with Crippen molar-refractivity contribution in [2.75, 3.05) is 32.8 Å². The van der Waals surface area contributed by atoms with Crippen molar-refractivity contribution in [3.8, 4) is 0 Å². The maximum Gasteiger partial charge on any atom is 0.228 e. The lowest BCUT2D eigenvalue weighted by atomic mass is 10.0. The highest BCUT2D eigenvalue weighted by Crippen LogP contribution is 2.18. The summed E-state index contributed by atoms with van der Waals surface area (Å²) in [7, 11) is 0. The summed E-state index contributed by atoms with van der Waals surface area (Å²) in [5.41, 5.74) is 0. The van der Waals surface area contributed by atoms with Crippen LogP contribution in [0.1, 0.15) is 13.3 Å². The quantitative estimate of drug-likeness (QED) is 0.685. The Kier molecular flexibility index (Phi) is 3.03. The van der Waals surface area contributed by atoms with Gasteiger partial charge in [-0.2, -0.15) is 0 Å². The third-order valence-corrected chi connectivity index (χ3v) is 3.10. The van der Waals surface area contributed by atoms with Crippen LogP contribution in [0.5, 0.6) is 0 Å². The molecule has 0 aliphatic carbocycles. The van der Waals surface area contributed by atoms with Gasteiger partial charge in [0.05, 0.1) is 18.6 Å². The summed E-state index contributed by atoms with van der Waals surface area (Å²) in [5, 5.41) is 3.20. The second-order valence-electron chi connectivity index (χ2n) is 4.00. The molecule has 1 atom stereocenters. The molecule has 0 aromatic carbocycles. The van der Waals surface area contributed by atoms with Gasteiger partial charge < -0.3 is 15.0 Å². The maximum atomic E-state index is 12.0. The first-order chi connectivity index (χ1) is 6.83. The highest BCUT2D eigenvalue weighted by molar-refractivity contribution is 5.79. The Morgan fingerprint density at radius 3 is 2.79 bits per heavy atom. The number of rotatable bonds is 3. The van der Waals surface area contributed by atoms with Crippen LogP contribution in [0.2, 0.25) is 0 Å². The van der Waals surface area contributed by atoms with Gasteiger partial charge in [-0.15, -0.1) is 0 Å². The van der Waals surface area contributed by atoms with Crippen LogP contribution < -0.4 is 5.32 Å². The summed E-state index contributed by atoms with van der Waals surface area (Å²) >= 11 is 0. The van der Waals surface area contributed by atoms with Gasteiger partial charge in [-0.05, 0) is 13.3 Å². The lowest BCUT2D eigenvalue weighted by Gasteiger charge is -2.38. The van der Waals surface area contributed by atoms with Crippen LogP contribution >= 0.6 is 0 Å². The van der Waals surface area contributed by atoms with Crippen LogP contribution in [0.25, 0.3) is 0 Å². The average molecular weight is 198 g/mol. The van der Waals surface area contributed by atoms with Gasteiger partial charge in [0.2, 0.25) is 5.91 Å². The molecule has 2 saturated heterocycles. The topological polar surface area (TPSA) is 41.6 Å². The second kappa shape index (κ2) is 4.28. The normalized spacial score (nSPS) is 27.4. The van der Waals surface area contributed by atoms with Crippen LogP contribution in [-0.2, 0) is 9.53 Å². The molecule has 0 saturated carbocycles. The smallest absolute Gasteiger partial charge is 0.228 e. The molecule has 1 N–H and O–H groups in total. The summed E-state index contributed by atoms with van der Waals surface area (Å²) in [4.78, 5) is 14.0. The van der Waals surface area contributed by atoms with Crippen molar-refractivity contribution in [3.63, 3.8) is 0 Å². The second-order valence-corrected chi connectivity index (χ2v) is 4.00. The Morgan fingerprint density at radius 1 is 1.57 bits per heavy atom. The molecule has 2 aliphatic rings. The number of nitrogens with zero attached hydrogens (tertiary/aromatic N) is 1. The maximum absolute atomic E-state index is 12.0. The van der Waals surface area contributed by atoms with E-state index in [0.717, 1.165) is 32.7 Å². The van der Waals surface area contributed by atoms with Crippen LogP contribution in [0, 0.1) is 5.92 Å². The Bertz CT molecular complexity index is 210. The van der Waals surface area contributed by atoms with E-state index in [0.29, 0.717) is 12.6 Å². The fourth-order valence-electron chi connectivity index (χ4n) is 2.05. The fourth-order valence-corrected chi connectivity index (χ4v) is 2.05. The summed E-state index contributed by atoms with van der Waals surface area (Å²) in [6.45, 7) is 6.14. The molecule has 2 fully saturated rings. The highest BCUT2D eigenvalue weighted by Gasteiger charge is 2.33. The summed E-state index contributed by atoms with van der Waals surface area (Å²) in [6, 6.07) is 0.424. The SMILES string of the molecule is CCN(C(=O)C1CCOC1)C1CNC1. The highest BCUT2D eigenvalue weighted by atomic mass is 16.5. The Balaban J connectivity index is 1.92. The number of carbonyl (C=O) groups excluding carboxylic acids is 1. The van der Waals surface area contributed by atoms with Gasteiger partial charge in [0.1, 0.15) is 0 Å². The number of amides is 1.